The molecule has 1 aliphatic carbocycles. The van der Waals surface area contributed by atoms with Crippen LogP contribution in [0.25, 0.3) is 0 Å². The van der Waals surface area contributed by atoms with Gasteiger partial charge in [-0.25, -0.2) is 14.8 Å². The summed E-state index contributed by atoms with van der Waals surface area (Å²) in [5, 5.41) is 6.94. The van der Waals surface area contributed by atoms with Crippen LogP contribution in [0.15, 0.2) is 18.3 Å². The predicted octanol–water partition coefficient (Wildman–Crippen LogP) is 3.11. The molecular formula is C17H22N4O2S. The highest BCUT2D eigenvalue weighted by atomic mass is 32.1. The molecule has 128 valence electrons. The molecule has 2 aromatic heterocycles. The number of nitrogens with zero attached hydrogens (tertiary/aromatic N) is 2. The Labute approximate surface area is 145 Å². The quantitative estimate of drug-likeness (QED) is 0.843. The fraction of sp³-hybridized carbons (Fsp3) is 0.471. The monoisotopic (exact) mass is 346 g/mol. The Morgan fingerprint density at radius 3 is 2.83 bits per heavy atom. The Balaban J connectivity index is 1.60. The number of amides is 2. The number of nitrogens with one attached hydrogen (secondary N) is 2. The minimum Gasteiger partial charge on any atom is -0.481 e. The Morgan fingerprint density at radius 1 is 1.42 bits per heavy atom. The van der Waals surface area contributed by atoms with Gasteiger partial charge in [0.15, 0.2) is 0 Å². The van der Waals surface area contributed by atoms with Crippen LogP contribution in [0.1, 0.15) is 40.0 Å². The lowest BCUT2D eigenvalue weighted by atomic mass is 10.2. The lowest BCUT2D eigenvalue weighted by Crippen LogP contribution is -2.38. The van der Waals surface area contributed by atoms with Gasteiger partial charge in [0, 0.05) is 28.9 Å². The summed E-state index contributed by atoms with van der Waals surface area (Å²) in [6.45, 7) is 4.31. The third kappa shape index (κ3) is 4.03. The maximum Gasteiger partial charge on any atom is 0.315 e. The van der Waals surface area contributed by atoms with E-state index in [1.165, 1.54) is 0 Å². The van der Waals surface area contributed by atoms with E-state index in [0.717, 1.165) is 34.0 Å². The van der Waals surface area contributed by atoms with Crippen LogP contribution < -0.4 is 15.4 Å². The van der Waals surface area contributed by atoms with Gasteiger partial charge in [-0.15, -0.1) is 11.3 Å². The van der Waals surface area contributed by atoms with E-state index in [-0.39, 0.29) is 12.1 Å². The normalized spacial score (nSPS) is 15.0. The van der Waals surface area contributed by atoms with E-state index in [9.17, 15) is 4.79 Å². The van der Waals surface area contributed by atoms with Crippen molar-refractivity contribution in [2.45, 2.75) is 39.3 Å². The van der Waals surface area contributed by atoms with Gasteiger partial charge >= 0.3 is 6.03 Å². The molecule has 2 amide bonds. The summed E-state index contributed by atoms with van der Waals surface area (Å²) in [6.07, 6.45) is 4.14. The third-order valence-corrected chi connectivity index (χ3v) is 4.99. The van der Waals surface area contributed by atoms with Crippen molar-refractivity contribution in [1.29, 1.82) is 0 Å². The van der Waals surface area contributed by atoms with Crippen molar-refractivity contribution >= 4 is 17.4 Å². The van der Waals surface area contributed by atoms with Crippen molar-refractivity contribution in [3.63, 3.8) is 0 Å². The number of ether oxygens (including phenoxy) is 1. The average Bonchev–Trinajstić information content (AvgIpc) is 3.32. The second kappa shape index (κ2) is 7.17. The number of aromatic nitrogens is 2. The van der Waals surface area contributed by atoms with Gasteiger partial charge < -0.3 is 15.4 Å². The van der Waals surface area contributed by atoms with Crippen molar-refractivity contribution in [1.82, 2.24) is 20.6 Å². The zero-order valence-electron chi connectivity index (χ0n) is 14.1. The topological polar surface area (TPSA) is 76.1 Å². The van der Waals surface area contributed by atoms with Gasteiger partial charge in [-0.3, -0.25) is 0 Å². The zero-order valence-corrected chi connectivity index (χ0v) is 14.9. The lowest BCUT2D eigenvalue weighted by Gasteiger charge is -2.17. The second-order valence-corrected chi connectivity index (χ2v) is 7.34. The average molecular weight is 346 g/mol. The van der Waals surface area contributed by atoms with Crippen molar-refractivity contribution in [2.24, 2.45) is 5.92 Å². The van der Waals surface area contributed by atoms with Crippen molar-refractivity contribution in [3.8, 4) is 5.88 Å². The number of carbonyl (C=O) groups is 1. The molecule has 0 bridgehead atoms. The molecule has 6 nitrogen and oxygen atoms in total. The van der Waals surface area contributed by atoms with Crippen molar-refractivity contribution < 1.29 is 9.53 Å². The minimum absolute atomic E-state index is 0.00161. The lowest BCUT2D eigenvalue weighted by molar-refractivity contribution is 0.235. The highest BCUT2D eigenvalue weighted by Gasteiger charge is 2.35. The minimum atomic E-state index is -0.192. The second-order valence-electron chi connectivity index (χ2n) is 6.07. The van der Waals surface area contributed by atoms with E-state index in [1.54, 1.807) is 18.4 Å². The molecular weight excluding hydrogens is 324 g/mol. The fourth-order valence-electron chi connectivity index (χ4n) is 2.57. The van der Waals surface area contributed by atoms with Gasteiger partial charge in [-0.05, 0) is 38.7 Å². The predicted molar refractivity (Wildman–Crippen MR) is 93.2 cm³/mol. The summed E-state index contributed by atoms with van der Waals surface area (Å²) >= 11 is 1.64. The number of aryl methyl sites for hydroxylation is 2. The summed E-state index contributed by atoms with van der Waals surface area (Å²) in [6, 6.07) is 3.64. The van der Waals surface area contributed by atoms with Crippen molar-refractivity contribution in [2.75, 3.05) is 7.11 Å². The number of hydrogen-bond acceptors (Lipinski definition) is 5. The molecule has 1 aliphatic rings. The molecule has 0 saturated heterocycles. The van der Waals surface area contributed by atoms with Crippen LogP contribution in [0.3, 0.4) is 0 Å². The molecule has 24 heavy (non-hydrogen) atoms. The number of hydrogen-bond donors (Lipinski definition) is 2. The summed E-state index contributed by atoms with van der Waals surface area (Å²) < 4.78 is 5.27. The molecule has 1 atom stereocenters. The van der Waals surface area contributed by atoms with Gasteiger partial charge in [0.05, 0.1) is 13.2 Å². The van der Waals surface area contributed by atoms with E-state index in [4.69, 9.17) is 4.74 Å². The zero-order chi connectivity index (χ0) is 17.1. The van der Waals surface area contributed by atoms with Gasteiger partial charge in [-0.1, -0.05) is 6.07 Å². The summed E-state index contributed by atoms with van der Waals surface area (Å²) in [5.41, 5.74) is 1.74. The first-order chi connectivity index (χ1) is 11.6. The standard InChI is InChI=1S/C17H22N4O2S/c1-10-4-5-13(15(20-10)23-3)9-19-17(22)21-14(12-6-7-12)16-18-8-11(2)24-16/h4-5,8,12,14H,6-7,9H2,1-3H3,(H2,19,21,22)/t14-/m0/s1. The van der Waals surface area contributed by atoms with Crippen LogP contribution >= 0.6 is 11.3 Å². The maximum absolute atomic E-state index is 12.3. The SMILES string of the molecule is COc1nc(C)ccc1CNC(=O)N[C@H](c1ncc(C)s1)C1CC1. The van der Waals surface area contributed by atoms with E-state index < -0.39 is 0 Å². The number of thiazole rings is 1. The van der Waals surface area contributed by atoms with Crippen molar-refractivity contribution in [3.05, 3.63) is 39.5 Å². The Kier molecular flexibility index (Phi) is 4.99. The molecule has 7 heteroatoms. The van der Waals surface area contributed by atoms with Gasteiger partial charge in [0.1, 0.15) is 5.01 Å². The Morgan fingerprint density at radius 2 is 2.21 bits per heavy atom. The van der Waals surface area contributed by atoms with Crippen LogP contribution in [-0.4, -0.2) is 23.1 Å². The molecule has 0 aliphatic heterocycles. The van der Waals surface area contributed by atoms with Gasteiger partial charge in [0.25, 0.3) is 0 Å². The highest BCUT2D eigenvalue weighted by Crippen LogP contribution is 2.41. The fourth-order valence-corrected chi connectivity index (χ4v) is 3.49. The number of pyridine rings is 1. The van der Waals surface area contributed by atoms with Gasteiger partial charge in [0.2, 0.25) is 5.88 Å². The van der Waals surface area contributed by atoms with E-state index >= 15 is 0 Å². The molecule has 2 N–H and O–H groups in total. The molecule has 0 aromatic carbocycles. The largest absolute Gasteiger partial charge is 0.481 e. The van der Waals surface area contributed by atoms with Crippen LogP contribution in [0.4, 0.5) is 4.79 Å². The summed E-state index contributed by atoms with van der Waals surface area (Å²) in [5.74, 6) is 1.04. The van der Waals surface area contributed by atoms with Crippen LogP contribution in [0, 0.1) is 19.8 Å². The first-order valence-electron chi connectivity index (χ1n) is 8.04. The molecule has 0 spiro atoms. The van der Waals surface area contributed by atoms with Crippen LogP contribution in [0.5, 0.6) is 5.88 Å². The first-order valence-corrected chi connectivity index (χ1v) is 8.85. The summed E-state index contributed by atoms with van der Waals surface area (Å²) in [4.78, 5) is 22.2. The molecule has 1 fully saturated rings. The Bertz CT molecular complexity index is 727. The van der Waals surface area contributed by atoms with E-state index in [2.05, 4.69) is 20.6 Å². The number of methoxy groups -OCH3 is 1. The van der Waals surface area contributed by atoms with Crippen LogP contribution in [-0.2, 0) is 6.54 Å². The third-order valence-electron chi connectivity index (χ3n) is 4.00. The smallest absolute Gasteiger partial charge is 0.315 e. The first kappa shape index (κ1) is 16.7. The van der Waals surface area contributed by atoms with Crippen LogP contribution in [0.2, 0.25) is 0 Å². The highest BCUT2D eigenvalue weighted by molar-refractivity contribution is 7.11. The molecule has 3 rings (SSSR count). The number of urea groups is 1. The van der Waals surface area contributed by atoms with E-state index in [0.29, 0.717) is 18.3 Å². The molecule has 2 aromatic rings. The maximum atomic E-state index is 12.3. The number of rotatable bonds is 6. The molecule has 0 radical (unpaired) electrons. The van der Waals surface area contributed by atoms with Gasteiger partial charge in [-0.2, -0.15) is 0 Å². The molecule has 1 saturated carbocycles. The summed E-state index contributed by atoms with van der Waals surface area (Å²) in [7, 11) is 1.58. The molecule has 2 heterocycles. The molecule has 0 unspecified atom stereocenters. The Hall–Kier alpha value is -2.15. The number of carbonyl (C=O) groups excluding carboxylic acids is 1. The van der Waals surface area contributed by atoms with E-state index in [1.807, 2.05) is 32.2 Å².